The fraction of sp³-hybridized carbons (Fsp3) is 0.0625. The molecule has 3 rings (SSSR count). The minimum atomic E-state index is -3.67. The SMILES string of the molecule is N#Cc1ccc(S(=O)(=O)NCc2ccc(-c3ccoc3)o2)cc1. The van der Waals surface area contributed by atoms with E-state index in [4.69, 9.17) is 14.1 Å². The van der Waals surface area contributed by atoms with Gasteiger partial charge in [0, 0.05) is 0 Å². The fourth-order valence-electron chi connectivity index (χ4n) is 1.99. The lowest BCUT2D eigenvalue weighted by molar-refractivity contribution is 0.507. The Morgan fingerprint density at radius 1 is 1.09 bits per heavy atom. The molecular formula is C16H12N2O4S. The number of furan rings is 2. The van der Waals surface area contributed by atoms with E-state index < -0.39 is 10.0 Å². The standard InChI is InChI=1S/C16H12N2O4S/c17-9-12-1-4-15(5-2-12)23(19,20)18-10-14-3-6-16(22-14)13-7-8-21-11-13/h1-8,11,18H,10H2. The Labute approximate surface area is 133 Å². The van der Waals surface area contributed by atoms with E-state index in [1.807, 2.05) is 6.07 Å². The molecule has 7 heteroatoms. The van der Waals surface area contributed by atoms with Gasteiger partial charge in [-0.25, -0.2) is 13.1 Å². The van der Waals surface area contributed by atoms with Crippen molar-refractivity contribution in [3.8, 4) is 17.4 Å². The molecule has 0 aliphatic heterocycles. The van der Waals surface area contributed by atoms with E-state index in [-0.39, 0.29) is 11.4 Å². The summed E-state index contributed by atoms with van der Waals surface area (Å²) in [4.78, 5) is 0.0955. The van der Waals surface area contributed by atoms with E-state index in [9.17, 15) is 8.42 Å². The Bertz CT molecular complexity index is 933. The molecule has 23 heavy (non-hydrogen) atoms. The number of hydrogen-bond acceptors (Lipinski definition) is 5. The average molecular weight is 328 g/mol. The fourth-order valence-corrected chi connectivity index (χ4v) is 2.98. The van der Waals surface area contributed by atoms with E-state index >= 15 is 0 Å². The number of nitrogens with one attached hydrogen (secondary N) is 1. The van der Waals surface area contributed by atoms with E-state index in [0.717, 1.165) is 5.56 Å². The van der Waals surface area contributed by atoms with Crippen LogP contribution in [0.15, 0.2) is 68.7 Å². The molecule has 1 N–H and O–H groups in total. The molecule has 2 heterocycles. The van der Waals surface area contributed by atoms with Gasteiger partial charge >= 0.3 is 0 Å². The smallest absolute Gasteiger partial charge is 0.240 e. The minimum Gasteiger partial charge on any atom is -0.472 e. The molecule has 0 bridgehead atoms. The maximum absolute atomic E-state index is 12.2. The monoisotopic (exact) mass is 328 g/mol. The van der Waals surface area contributed by atoms with Crippen molar-refractivity contribution in [3.63, 3.8) is 0 Å². The van der Waals surface area contributed by atoms with Gasteiger partial charge in [0.1, 0.15) is 17.8 Å². The molecule has 0 saturated heterocycles. The van der Waals surface area contributed by atoms with Crippen molar-refractivity contribution in [2.24, 2.45) is 0 Å². The number of hydrogen-bond donors (Lipinski definition) is 1. The molecule has 0 aliphatic carbocycles. The first-order valence-corrected chi connectivity index (χ1v) is 8.18. The molecule has 0 spiro atoms. The third kappa shape index (κ3) is 3.34. The molecule has 0 amide bonds. The first-order valence-electron chi connectivity index (χ1n) is 6.69. The molecule has 6 nitrogen and oxygen atoms in total. The van der Waals surface area contributed by atoms with Crippen LogP contribution in [-0.4, -0.2) is 8.42 Å². The summed E-state index contributed by atoms with van der Waals surface area (Å²) < 4.78 is 37.4. The lowest BCUT2D eigenvalue weighted by atomic mass is 10.2. The van der Waals surface area contributed by atoms with E-state index in [1.165, 1.54) is 30.5 Å². The maximum atomic E-state index is 12.2. The number of sulfonamides is 1. The minimum absolute atomic E-state index is 0.0280. The van der Waals surface area contributed by atoms with Crippen LogP contribution in [-0.2, 0) is 16.6 Å². The first-order chi connectivity index (χ1) is 11.1. The van der Waals surface area contributed by atoms with Crippen molar-refractivity contribution in [3.05, 3.63) is 66.3 Å². The van der Waals surface area contributed by atoms with Gasteiger partial charge in [0.2, 0.25) is 10.0 Å². The van der Waals surface area contributed by atoms with Crippen LogP contribution in [0.4, 0.5) is 0 Å². The van der Waals surface area contributed by atoms with Crippen molar-refractivity contribution < 1.29 is 17.3 Å². The third-order valence-corrected chi connectivity index (χ3v) is 4.61. The molecule has 3 aromatic rings. The summed E-state index contributed by atoms with van der Waals surface area (Å²) in [5.41, 5.74) is 1.19. The van der Waals surface area contributed by atoms with Crippen LogP contribution in [0.3, 0.4) is 0 Å². The molecule has 0 fully saturated rings. The predicted octanol–water partition coefficient (Wildman–Crippen LogP) is 2.89. The highest BCUT2D eigenvalue weighted by Gasteiger charge is 2.15. The number of nitriles is 1. The zero-order chi connectivity index (χ0) is 16.3. The lowest BCUT2D eigenvalue weighted by Crippen LogP contribution is -2.22. The quantitative estimate of drug-likeness (QED) is 0.777. The van der Waals surface area contributed by atoms with Crippen LogP contribution in [0.1, 0.15) is 11.3 Å². The van der Waals surface area contributed by atoms with Crippen LogP contribution in [0.2, 0.25) is 0 Å². The van der Waals surface area contributed by atoms with Gasteiger partial charge < -0.3 is 8.83 Å². The number of rotatable bonds is 5. The van der Waals surface area contributed by atoms with Crippen molar-refractivity contribution in [1.29, 1.82) is 5.26 Å². The predicted molar refractivity (Wildman–Crippen MR) is 81.6 cm³/mol. The Hall–Kier alpha value is -2.82. The van der Waals surface area contributed by atoms with Crippen molar-refractivity contribution >= 4 is 10.0 Å². The van der Waals surface area contributed by atoms with Crippen molar-refractivity contribution in [1.82, 2.24) is 4.72 Å². The van der Waals surface area contributed by atoms with Gasteiger partial charge in [-0.05, 0) is 42.5 Å². The van der Waals surface area contributed by atoms with E-state index in [2.05, 4.69) is 4.72 Å². The average Bonchev–Trinajstić information content (AvgIpc) is 3.24. The summed E-state index contributed by atoms with van der Waals surface area (Å²) in [5.74, 6) is 1.09. The lowest BCUT2D eigenvalue weighted by Gasteiger charge is -2.05. The number of nitrogens with zero attached hydrogens (tertiary/aromatic N) is 1. The van der Waals surface area contributed by atoms with Crippen molar-refractivity contribution in [2.45, 2.75) is 11.4 Å². The Balaban J connectivity index is 1.70. The second-order valence-corrected chi connectivity index (χ2v) is 6.51. The Morgan fingerprint density at radius 2 is 1.87 bits per heavy atom. The second kappa shape index (κ2) is 6.12. The third-order valence-electron chi connectivity index (χ3n) is 3.20. The largest absolute Gasteiger partial charge is 0.472 e. The highest BCUT2D eigenvalue weighted by Crippen LogP contribution is 2.22. The number of benzene rings is 1. The summed E-state index contributed by atoms with van der Waals surface area (Å²) in [7, 11) is -3.67. The molecule has 1 aromatic carbocycles. The van der Waals surface area contributed by atoms with Crippen LogP contribution in [0, 0.1) is 11.3 Å². The van der Waals surface area contributed by atoms with Crippen LogP contribution in [0.25, 0.3) is 11.3 Å². The van der Waals surface area contributed by atoms with E-state index in [0.29, 0.717) is 17.1 Å². The molecular weight excluding hydrogens is 316 g/mol. The molecule has 0 atom stereocenters. The zero-order valence-corrected chi connectivity index (χ0v) is 12.7. The van der Waals surface area contributed by atoms with Crippen molar-refractivity contribution in [2.75, 3.05) is 0 Å². The first kappa shape index (κ1) is 15.1. The zero-order valence-electron chi connectivity index (χ0n) is 11.9. The Kier molecular flexibility index (Phi) is 4.02. The summed E-state index contributed by atoms with van der Waals surface area (Å²) in [5, 5.41) is 8.73. The van der Waals surface area contributed by atoms with Gasteiger partial charge in [0.05, 0.1) is 34.9 Å². The van der Waals surface area contributed by atoms with Gasteiger partial charge in [-0.2, -0.15) is 5.26 Å². The van der Waals surface area contributed by atoms with Gasteiger partial charge in [0.15, 0.2) is 0 Å². The molecule has 2 aromatic heterocycles. The van der Waals surface area contributed by atoms with Crippen LogP contribution < -0.4 is 4.72 Å². The highest BCUT2D eigenvalue weighted by molar-refractivity contribution is 7.89. The molecule has 0 radical (unpaired) electrons. The molecule has 0 aliphatic rings. The summed E-state index contributed by atoms with van der Waals surface area (Å²) in [6, 6.07) is 12.8. The van der Waals surface area contributed by atoms with Crippen LogP contribution >= 0.6 is 0 Å². The summed E-state index contributed by atoms with van der Waals surface area (Å²) in [6.45, 7) is 0.0280. The molecule has 0 saturated carbocycles. The molecule has 116 valence electrons. The molecule has 0 unspecified atom stereocenters. The summed E-state index contributed by atoms with van der Waals surface area (Å²) >= 11 is 0. The van der Waals surface area contributed by atoms with Gasteiger partial charge in [0.25, 0.3) is 0 Å². The summed E-state index contributed by atoms with van der Waals surface area (Å²) in [6.07, 6.45) is 3.08. The van der Waals surface area contributed by atoms with Gasteiger partial charge in [-0.3, -0.25) is 0 Å². The maximum Gasteiger partial charge on any atom is 0.240 e. The van der Waals surface area contributed by atoms with E-state index in [1.54, 1.807) is 24.5 Å². The highest BCUT2D eigenvalue weighted by atomic mass is 32.2. The normalized spacial score (nSPS) is 11.3. The Morgan fingerprint density at radius 3 is 2.52 bits per heavy atom. The van der Waals surface area contributed by atoms with Gasteiger partial charge in [-0.15, -0.1) is 0 Å². The van der Waals surface area contributed by atoms with Crippen LogP contribution in [0.5, 0.6) is 0 Å². The topological polar surface area (TPSA) is 96.2 Å². The van der Waals surface area contributed by atoms with Gasteiger partial charge in [-0.1, -0.05) is 0 Å². The second-order valence-electron chi connectivity index (χ2n) is 4.74.